The van der Waals surface area contributed by atoms with E-state index in [2.05, 4.69) is 20.6 Å². The number of fused-ring (bicyclic) bond motifs is 1. The number of aromatic nitrogens is 3. The standard InChI is InChI=1S/C22H22ClN7O2/c1-25-20(5-7-24)28-21-26-8-6-18(27-21)15-10-17-12-30(22(32)29(17)11-15)19(13-31)14-3-2-4-16(23)9-14/h2-11,19,24-25,31H,12-13H2,1H3,(H,26,27,28)/b20-5+,24-7?. The van der Waals surface area contributed by atoms with Crippen LogP contribution < -0.4 is 10.6 Å². The highest BCUT2D eigenvalue weighted by molar-refractivity contribution is 6.30. The van der Waals surface area contributed by atoms with Crippen molar-refractivity contribution in [1.29, 1.82) is 5.41 Å². The summed E-state index contributed by atoms with van der Waals surface area (Å²) in [6.45, 7) is 0.153. The zero-order chi connectivity index (χ0) is 22.7. The summed E-state index contributed by atoms with van der Waals surface area (Å²) in [6, 6.07) is 10.1. The second-order valence-corrected chi connectivity index (χ2v) is 7.58. The summed E-state index contributed by atoms with van der Waals surface area (Å²) < 4.78 is 1.58. The van der Waals surface area contributed by atoms with Crippen LogP contribution in [0, 0.1) is 5.41 Å². The van der Waals surface area contributed by atoms with Crippen molar-refractivity contribution >= 4 is 29.8 Å². The van der Waals surface area contributed by atoms with E-state index in [1.807, 2.05) is 12.1 Å². The van der Waals surface area contributed by atoms with Crippen molar-refractivity contribution in [3.8, 4) is 11.3 Å². The fraction of sp³-hybridized carbons (Fsp3) is 0.182. The van der Waals surface area contributed by atoms with Crippen molar-refractivity contribution in [3.63, 3.8) is 0 Å². The summed E-state index contributed by atoms with van der Waals surface area (Å²) in [5.74, 6) is 0.948. The molecular weight excluding hydrogens is 430 g/mol. The minimum atomic E-state index is -0.486. The number of aliphatic hydroxyl groups is 1. The number of rotatable bonds is 8. The van der Waals surface area contributed by atoms with Crippen molar-refractivity contribution in [2.24, 2.45) is 0 Å². The molecule has 0 saturated heterocycles. The monoisotopic (exact) mass is 451 g/mol. The van der Waals surface area contributed by atoms with Gasteiger partial charge in [-0.25, -0.2) is 14.8 Å². The van der Waals surface area contributed by atoms with E-state index in [1.165, 1.54) is 0 Å². The van der Waals surface area contributed by atoms with E-state index >= 15 is 0 Å². The van der Waals surface area contributed by atoms with E-state index in [4.69, 9.17) is 17.0 Å². The van der Waals surface area contributed by atoms with Crippen LogP contribution >= 0.6 is 11.6 Å². The van der Waals surface area contributed by atoms with Crippen LogP contribution in [0.1, 0.15) is 17.3 Å². The molecule has 1 aromatic carbocycles. The molecular formula is C22H22ClN7O2. The van der Waals surface area contributed by atoms with Crippen LogP contribution in [0.3, 0.4) is 0 Å². The Morgan fingerprint density at radius 3 is 2.91 bits per heavy atom. The molecule has 1 atom stereocenters. The summed E-state index contributed by atoms with van der Waals surface area (Å²) in [6.07, 6.45) is 6.07. The fourth-order valence-corrected chi connectivity index (χ4v) is 3.84. The van der Waals surface area contributed by atoms with E-state index in [0.29, 0.717) is 29.0 Å². The quantitative estimate of drug-likeness (QED) is 0.390. The fourth-order valence-electron chi connectivity index (χ4n) is 3.64. The summed E-state index contributed by atoms with van der Waals surface area (Å²) >= 11 is 6.09. The van der Waals surface area contributed by atoms with Crippen LogP contribution in [0.15, 0.2) is 60.7 Å². The molecule has 3 aromatic rings. The number of nitrogens with one attached hydrogen (secondary N) is 3. The van der Waals surface area contributed by atoms with Gasteiger partial charge in [-0.05, 0) is 35.9 Å². The summed E-state index contributed by atoms with van der Waals surface area (Å²) in [5, 5.41) is 23.6. The van der Waals surface area contributed by atoms with E-state index < -0.39 is 6.04 Å². The predicted molar refractivity (Wildman–Crippen MR) is 123 cm³/mol. The van der Waals surface area contributed by atoms with Gasteiger partial charge in [0.1, 0.15) is 5.82 Å². The molecule has 1 aliphatic rings. The Bertz CT molecular complexity index is 1190. The molecule has 0 saturated carbocycles. The van der Waals surface area contributed by atoms with E-state index in [0.717, 1.165) is 23.0 Å². The maximum absolute atomic E-state index is 13.1. The number of hydrogen-bond acceptors (Lipinski definition) is 7. The second-order valence-electron chi connectivity index (χ2n) is 7.14. The molecule has 1 amide bonds. The lowest BCUT2D eigenvalue weighted by atomic mass is 10.1. The van der Waals surface area contributed by atoms with Crippen LogP contribution in [0.2, 0.25) is 5.02 Å². The topological polar surface area (TPSA) is 119 Å². The number of hydrogen-bond donors (Lipinski definition) is 4. The third kappa shape index (κ3) is 4.20. The van der Waals surface area contributed by atoms with Crippen LogP contribution in [-0.2, 0) is 6.54 Å². The molecule has 9 nitrogen and oxygen atoms in total. The summed E-state index contributed by atoms with van der Waals surface area (Å²) in [7, 11) is 1.73. The zero-order valence-electron chi connectivity index (χ0n) is 17.3. The maximum Gasteiger partial charge on any atom is 0.329 e. The largest absolute Gasteiger partial charge is 0.394 e. The minimum absolute atomic E-state index is 0.207. The van der Waals surface area contributed by atoms with Gasteiger partial charge in [-0.3, -0.25) is 4.57 Å². The maximum atomic E-state index is 13.1. The number of carbonyl (C=O) groups excluding carboxylic acids is 1. The average molecular weight is 452 g/mol. The highest BCUT2D eigenvalue weighted by Crippen LogP contribution is 2.32. The van der Waals surface area contributed by atoms with Gasteiger partial charge in [-0.2, -0.15) is 0 Å². The molecule has 164 valence electrons. The third-order valence-electron chi connectivity index (χ3n) is 5.18. The molecule has 1 unspecified atom stereocenters. The number of carbonyl (C=O) groups is 1. The molecule has 0 aliphatic carbocycles. The van der Waals surface area contributed by atoms with Gasteiger partial charge in [0, 0.05) is 41.9 Å². The lowest BCUT2D eigenvalue weighted by Crippen LogP contribution is -2.32. The molecule has 4 rings (SSSR count). The Labute approximate surface area is 189 Å². The van der Waals surface area contributed by atoms with E-state index in [9.17, 15) is 9.90 Å². The average Bonchev–Trinajstić information content (AvgIpc) is 3.34. The molecule has 32 heavy (non-hydrogen) atoms. The molecule has 0 spiro atoms. The number of allylic oxidation sites excluding steroid dienone is 1. The Balaban J connectivity index is 1.57. The summed E-state index contributed by atoms with van der Waals surface area (Å²) in [4.78, 5) is 23.4. The van der Waals surface area contributed by atoms with Crippen molar-refractivity contribution in [1.82, 2.24) is 24.8 Å². The normalized spacial score (nSPS) is 14.3. The van der Waals surface area contributed by atoms with Crippen molar-refractivity contribution < 1.29 is 9.90 Å². The smallest absolute Gasteiger partial charge is 0.329 e. The van der Waals surface area contributed by atoms with Gasteiger partial charge < -0.3 is 26.0 Å². The first-order valence-corrected chi connectivity index (χ1v) is 10.3. The number of benzene rings is 1. The Hall–Kier alpha value is -3.69. The van der Waals surface area contributed by atoms with Crippen molar-refractivity contribution in [2.45, 2.75) is 12.6 Å². The van der Waals surface area contributed by atoms with Gasteiger partial charge in [0.15, 0.2) is 0 Å². The number of amides is 1. The van der Waals surface area contributed by atoms with Crippen LogP contribution in [0.5, 0.6) is 0 Å². The zero-order valence-corrected chi connectivity index (χ0v) is 18.0. The highest BCUT2D eigenvalue weighted by Gasteiger charge is 2.34. The molecule has 0 radical (unpaired) electrons. The van der Waals surface area contributed by atoms with Crippen LogP contribution in [0.25, 0.3) is 11.3 Å². The molecule has 3 heterocycles. The number of aliphatic hydroxyl groups excluding tert-OH is 1. The molecule has 4 N–H and O–H groups in total. The Kier molecular flexibility index (Phi) is 6.20. The first-order chi connectivity index (χ1) is 15.5. The van der Waals surface area contributed by atoms with Gasteiger partial charge in [-0.15, -0.1) is 0 Å². The molecule has 0 bridgehead atoms. The Morgan fingerprint density at radius 2 is 2.22 bits per heavy atom. The van der Waals surface area contributed by atoms with Gasteiger partial charge in [-0.1, -0.05) is 23.7 Å². The van der Waals surface area contributed by atoms with Crippen molar-refractivity contribution in [2.75, 3.05) is 19.0 Å². The predicted octanol–water partition coefficient (Wildman–Crippen LogP) is 3.24. The number of halogens is 1. The lowest BCUT2D eigenvalue weighted by molar-refractivity contribution is 0.141. The van der Waals surface area contributed by atoms with Gasteiger partial charge in [0.25, 0.3) is 0 Å². The van der Waals surface area contributed by atoms with Gasteiger partial charge in [0.2, 0.25) is 5.95 Å². The number of anilines is 1. The highest BCUT2D eigenvalue weighted by atomic mass is 35.5. The first-order valence-electron chi connectivity index (χ1n) is 9.91. The van der Waals surface area contributed by atoms with Crippen LogP contribution in [0.4, 0.5) is 10.7 Å². The van der Waals surface area contributed by atoms with Crippen molar-refractivity contribution in [3.05, 3.63) is 77.0 Å². The van der Waals surface area contributed by atoms with Crippen LogP contribution in [-0.4, -0.2) is 50.4 Å². The molecule has 0 fully saturated rings. The summed E-state index contributed by atoms with van der Waals surface area (Å²) in [5.41, 5.74) is 3.02. The van der Waals surface area contributed by atoms with E-state index in [1.54, 1.807) is 59.2 Å². The molecule has 1 aliphatic heterocycles. The third-order valence-corrected chi connectivity index (χ3v) is 5.42. The lowest BCUT2D eigenvalue weighted by Gasteiger charge is -2.26. The van der Waals surface area contributed by atoms with Gasteiger partial charge in [0.05, 0.1) is 24.9 Å². The second kappa shape index (κ2) is 9.21. The molecule has 2 aromatic heterocycles. The minimum Gasteiger partial charge on any atom is -0.394 e. The SMILES string of the molecule is CN/C(=C\C=N)Nc1nccc(-c2cc3n(c2)C(=O)N(C(CO)c2cccc(Cl)c2)C3)n1. The van der Waals surface area contributed by atoms with E-state index in [-0.39, 0.29) is 12.6 Å². The van der Waals surface area contributed by atoms with Gasteiger partial charge >= 0.3 is 6.03 Å². The first kappa shape index (κ1) is 21.5. The molecule has 10 heteroatoms. The number of nitrogens with zero attached hydrogens (tertiary/aromatic N) is 4. The Morgan fingerprint density at radius 1 is 1.38 bits per heavy atom.